The summed E-state index contributed by atoms with van der Waals surface area (Å²) in [6.07, 6.45) is -1.11. The minimum absolute atomic E-state index is 0.115. The zero-order chi connectivity index (χ0) is 21.5. The topological polar surface area (TPSA) is 114 Å². The number of aromatic nitrogens is 4. The molecule has 0 aliphatic carbocycles. The highest BCUT2D eigenvalue weighted by Crippen LogP contribution is 2.33. The number of fused-ring (bicyclic) bond motifs is 1. The molecular formula is C21H26N4O4S. The van der Waals surface area contributed by atoms with Gasteiger partial charge >= 0.3 is 0 Å². The maximum absolute atomic E-state index is 10.3. The number of nitrogens with zero attached hydrogens (tertiary/aromatic N) is 4. The van der Waals surface area contributed by atoms with Gasteiger partial charge in [-0.25, -0.2) is 15.0 Å². The first-order valence-electron chi connectivity index (χ1n) is 9.82. The Hall–Kier alpha value is -2.04. The molecule has 1 aliphatic rings. The molecule has 30 heavy (non-hydrogen) atoms. The molecule has 0 saturated carbocycles. The lowest BCUT2D eigenvalue weighted by Gasteiger charge is -2.19. The largest absolute Gasteiger partial charge is 0.394 e. The van der Waals surface area contributed by atoms with Gasteiger partial charge in [0.25, 0.3) is 0 Å². The molecule has 0 radical (unpaired) electrons. The molecule has 1 aromatic carbocycles. The van der Waals surface area contributed by atoms with Gasteiger partial charge in [0.2, 0.25) is 0 Å². The number of ether oxygens (including phenoxy) is 1. The summed E-state index contributed by atoms with van der Waals surface area (Å²) in [5, 5.41) is 29.7. The summed E-state index contributed by atoms with van der Waals surface area (Å²) in [6, 6.07) is 8.52. The molecule has 0 unspecified atom stereocenters. The van der Waals surface area contributed by atoms with Gasteiger partial charge in [-0.2, -0.15) is 0 Å². The van der Waals surface area contributed by atoms with Crippen LogP contribution in [0.4, 0.5) is 0 Å². The number of hydrogen-bond acceptors (Lipinski definition) is 8. The number of aliphatic hydroxyl groups is 3. The fourth-order valence-electron chi connectivity index (χ4n) is 3.50. The maximum atomic E-state index is 10.3. The average molecular weight is 431 g/mol. The Labute approximate surface area is 179 Å². The van der Waals surface area contributed by atoms with E-state index in [0.717, 1.165) is 10.6 Å². The summed E-state index contributed by atoms with van der Waals surface area (Å²) in [4.78, 5) is 14.2. The molecule has 0 bridgehead atoms. The van der Waals surface area contributed by atoms with Gasteiger partial charge in [0.15, 0.2) is 11.9 Å². The van der Waals surface area contributed by atoms with Crippen LogP contribution in [-0.4, -0.2) is 59.8 Å². The highest BCUT2D eigenvalue weighted by Gasteiger charge is 2.44. The third-order valence-corrected chi connectivity index (χ3v) is 6.35. The summed E-state index contributed by atoms with van der Waals surface area (Å²) in [7, 11) is 0. The number of aliphatic hydroxyl groups excluding tert-OH is 3. The van der Waals surface area contributed by atoms with Gasteiger partial charge in [0.05, 0.1) is 18.6 Å². The van der Waals surface area contributed by atoms with E-state index in [1.165, 1.54) is 18.2 Å². The summed E-state index contributed by atoms with van der Waals surface area (Å²) in [5.74, 6) is 0.612. The van der Waals surface area contributed by atoms with Crippen molar-refractivity contribution in [2.24, 2.45) is 0 Å². The zero-order valence-electron chi connectivity index (χ0n) is 17.1. The third kappa shape index (κ3) is 3.95. The predicted octanol–water partition coefficient (Wildman–Crippen LogP) is 2.03. The van der Waals surface area contributed by atoms with Crippen LogP contribution in [0, 0.1) is 0 Å². The van der Waals surface area contributed by atoms with E-state index in [4.69, 9.17) is 4.74 Å². The standard InChI is InChI=1S/C21H26N4O4S/c1-21(2,3)12-4-6-13(7-5-12)30-9-14-16-19(23-10-22-14)25(11-24-16)20-18(28)17(27)15(8-26)29-20/h4-7,10-11,15,17-18,20,26-28H,8-9H2,1-3H3/t15-,17-,18-,20-/m1/s1. The third-order valence-electron chi connectivity index (χ3n) is 5.32. The Kier molecular flexibility index (Phi) is 5.82. The summed E-state index contributed by atoms with van der Waals surface area (Å²) >= 11 is 1.66. The van der Waals surface area contributed by atoms with Crippen molar-refractivity contribution < 1.29 is 20.1 Å². The van der Waals surface area contributed by atoms with Crippen molar-refractivity contribution in [3.63, 3.8) is 0 Å². The van der Waals surface area contributed by atoms with Gasteiger partial charge in [0.1, 0.15) is 30.2 Å². The van der Waals surface area contributed by atoms with Crippen molar-refractivity contribution in [1.29, 1.82) is 0 Å². The molecule has 160 valence electrons. The van der Waals surface area contributed by atoms with Crippen LogP contribution in [0.5, 0.6) is 0 Å². The SMILES string of the molecule is CC(C)(C)c1ccc(SCc2ncnc3c2ncn3[C@@H]2O[C@H](CO)[C@@H](O)[C@H]2O)cc1. The zero-order valence-corrected chi connectivity index (χ0v) is 18.0. The van der Waals surface area contributed by atoms with Gasteiger partial charge in [-0.05, 0) is 23.1 Å². The van der Waals surface area contributed by atoms with Crippen LogP contribution in [0.25, 0.3) is 11.2 Å². The highest BCUT2D eigenvalue weighted by atomic mass is 32.2. The first-order valence-corrected chi connectivity index (χ1v) is 10.8. The van der Waals surface area contributed by atoms with Crippen LogP contribution in [0.1, 0.15) is 38.3 Å². The number of thioether (sulfide) groups is 1. The second-order valence-electron chi connectivity index (χ2n) is 8.44. The predicted molar refractivity (Wildman–Crippen MR) is 113 cm³/mol. The average Bonchev–Trinajstić information content (AvgIpc) is 3.27. The van der Waals surface area contributed by atoms with Gasteiger partial charge in [-0.1, -0.05) is 32.9 Å². The van der Waals surface area contributed by atoms with Crippen molar-refractivity contribution >= 4 is 22.9 Å². The van der Waals surface area contributed by atoms with Crippen molar-refractivity contribution in [3.05, 3.63) is 48.2 Å². The fourth-order valence-corrected chi connectivity index (χ4v) is 4.35. The van der Waals surface area contributed by atoms with E-state index in [2.05, 4.69) is 60.0 Å². The van der Waals surface area contributed by atoms with E-state index in [9.17, 15) is 15.3 Å². The lowest BCUT2D eigenvalue weighted by atomic mass is 9.87. The molecule has 0 spiro atoms. The van der Waals surface area contributed by atoms with Gasteiger partial charge in [0, 0.05) is 10.6 Å². The van der Waals surface area contributed by atoms with Crippen molar-refractivity contribution in [3.8, 4) is 0 Å². The molecule has 3 N–H and O–H groups in total. The second kappa shape index (κ2) is 8.24. The van der Waals surface area contributed by atoms with E-state index in [1.54, 1.807) is 16.3 Å². The number of hydrogen-bond donors (Lipinski definition) is 3. The fraction of sp³-hybridized carbons (Fsp3) is 0.476. The molecule has 3 aromatic rings. The van der Waals surface area contributed by atoms with Gasteiger partial charge in [-0.3, -0.25) is 4.57 Å². The van der Waals surface area contributed by atoms with Crippen LogP contribution >= 0.6 is 11.8 Å². The van der Waals surface area contributed by atoms with Crippen LogP contribution < -0.4 is 0 Å². The van der Waals surface area contributed by atoms with Crippen molar-refractivity contribution in [2.75, 3.05) is 6.61 Å². The second-order valence-corrected chi connectivity index (χ2v) is 9.49. The molecule has 4 rings (SSSR count). The number of rotatable bonds is 5. The lowest BCUT2D eigenvalue weighted by Crippen LogP contribution is -2.33. The van der Waals surface area contributed by atoms with Gasteiger partial charge in [-0.15, -0.1) is 11.8 Å². The summed E-state index contributed by atoms with van der Waals surface area (Å²) < 4.78 is 7.18. The molecule has 2 aromatic heterocycles. The Morgan fingerprint density at radius 3 is 2.43 bits per heavy atom. The smallest absolute Gasteiger partial charge is 0.165 e. The number of imidazole rings is 1. The van der Waals surface area contributed by atoms with Crippen LogP contribution in [-0.2, 0) is 15.9 Å². The first kappa shape index (κ1) is 21.2. The monoisotopic (exact) mass is 430 g/mol. The van der Waals surface area contributed by atoms with E-state index in [0.29, 0.717) is 16.9 Å². The summed E-state index contributed by atoms with van der Waals surface area (Å²) in [6.45, 7) is 6.19. The molecule has 4 atom stereocenters. The summed E-state index contributed by atoms with van der Waals surface area (Å²) in [5.41, 5.74) is 3.31. The minimum Gasteiger partial charge on any atom is -0.394 e. The molecule has 1 saturated heterocycles. The molecule has 1 fully saturated rings. The molecular weight excluding hydrogens is 404 g/mol. The van der Waals surface area contributed by atoms with Crippen LogP contribution in [0.3, 0.4) is 0 Å². The van der Waals surface area contributed by atoms with E-state index in [1.807, 2.05) is 0 Å². The van der Waals surface area contributed by atoms with Gasteiger partial charge < -0.3 is 20.1 Å². The Balaban J connectivity index is 1.54. The van der Waals surface area contributed by atoms with Crippen LogP contribution in [0.15, 0.2) is 41.8 Å². The van der Waals surface area contributed by atoms with E-state index < -0.39 is 24.5 Å². The molecule has 1 aliphatic heterocycles. The first-order chi connectivity index (χ1) is 14.3. The Bertz CT molecular complexity index is 1020. The molecule has 3 heterocycles. The van der Waals surface area contributed by atoms with Crippen molar-refractivity contribution in [1.82, 2.24) is 19.5 Å². The normalized spacial score (nSPS) is 24.6. The Morgan fingerprint density at radius 2 is 1.80 bits per heavy atom. The number of benzene rings is 1. The molecule has 9 heteroatoms. The quantitative estimate of drug-likeness (QED) is 0.527. The highest BCUT2D eigenvalue weighted by molar-refractivity contribution is 7.98. The maximum Gasteiger partial charge on any atom is 0.165 e. The van der Waals surface area contributed by atoms with Crippen LogP contribution in [0.2, 0.25) is 0 Å². The lowest BCUT2D eigenvalue weighted by molar-refractivity contribution is -0.0511. The Morgan fingerprint density at radius 1 is 1.07 bits per heavy atom. The molecule has 8 nitrogen and oxygen atoms in total. The van der Waals surface area contributed by atoms with Crippen molar-refractivity contribution in [2.45, 2.75) is 61.4 Å². The minimum atomic E-state index is -1.19. The molecule has 0 amide bonds. The van der Waals surface area contributed by atoms with E-state index in [-0.39, 0.29) is 12.0 Å². The van der Waals surface area contributed by atoms with E-state index >= 15 is 0 Å².